The summed E-state index contributed by atoms with van der Waals surface area (Å²) in [5.74, 6) is 0.878. The van der Waals surface area contributed by atoms with Gasteiger partial charge >= 0.3 is 0 Å². The lowest BCUT2D eigenvalue weighted by Gasteiger charge is -2.75. The highest BCUT2D eigenvalue weighted by atomic mass is 16.6. The highest BCUT2D eigenvalue weighted by molar-refractivity contribution is 5.63. The van der Waals surface area contributed by atoms with Crippen LogP contribution >= 0.6 is 0 Å². The average molecular weight is 468 g/mol. The number of likely N-dealkylation sites (tertiary alicyclic amines) is 1. The topological polar surface area (TPSA) is 62.2 Å². The second-order valence-electron chi connectivity index (χ2n) is 12.9. The quantitative estimate of drug-likeness (QED) is 0.635. The first kappa shape index (κ1) is 22.9. The Labute approximate surface area is 204 Å². The molecule has 1 saturated heterocycles. The van der Waals surface area contributed by atoms with Gasteiger partial charge in [-0.25, -0.2) is 0 Å². The van der Waals surface area contributed by atoms with E-state index >= 15 is 0 Å². The van der Waals surface area contributed by atoms with Crippen LogP contribution in [-0.2, 0) is 16.6 Å². The number of aromatic hydroxyl groups is 1. The molecule has 2 spiro atoms. The molecule has 0 aromatic heterocycles. The number of hydrogen-bond acceptors (Lipinski definition) is 5. The summed E-state index contributed by atoms with van der Waals surface area (Å²) < 4.78 is 13.4. The molecule has 0 unspecified atom stereocenters. The van der Waals surface area contributed by atoms with Crippen LogP contribution in [0.2, 0.25) is 0 Å². The van der Waals surface area contributed by atoms with Crippen molar-refractivity contribution in [3.05, 3.63) is 35.4 Å². The molecule has 34 heavy (non-hydrogen) atoms. The van der Waals surface area contributed by atoms with Crippen molar-refractivity contribution in [2.45, 2.75) is 95.5 Å². The number of methoxy groups -OCH3 is 1. The average Bonchev–Trinajstić information content (AvgIpc) is 3.16. The van der Waals surface area contributed by atoms with Crippen molar-refractivity contribution < 1.29 is 19.7 Å². The van der Waals surface area contributed by atoms with Gasteiger partial charge in [-0.05, 0) is 69.5 Å². The first-order valence-corrected chi connectivity index (χ1v) is 13.1. The number of benzene rings is 1. The van der Waals surface area contributed by atoms with Crippen molar-refractivity contribution in [2.24, 2.45) is 16.7 Å². The van der Waals surface area contributed by atoms with Crippen LogP contribution < -0.4 is 4.74 Å². The Morgan fingerprint density at radius 2 is 1.97 bits per heavy atom. The monoisotopic (exact) mass is 467 g/mol. The normalized spacial score (nSPS) is 41.9. The summed E-state index contributed by atoms with van der Waals surface area (Å²) >= 11 is 0. The summed E-state index contributed by atoms with van der Waals surface area (Å²) in [5, 5.41) is 23.1. The summed E-state index contributed by atoms with van der Waals surface area (Å²) in [7, 11) is 1.81. The largest absolute Gasteiger partial charge is 0.504 e. The summed E-state index contributed by atoms with van der Waals surface area (Å²) in [4.78, 5) is 2.68. The zero-order valence-corrected chi connectivity index (χ0v) is 21.6. The summed E-state index contributed by atoms with van der Waals surface area (Å²) in [6.45, 7) is 12.5. The molecule has 5 nitrogen and oxygen atoms in total. The molecule has 2 N–H and O–H groups in total. The van der Waals surface area contributed by atoms with E-state index < -0.39 is 11.2 Å². The Morgan fingerprint density at radius 3 is 2.65 bits per heavy atom. The maximum absolute atomic E-state index is 12.2. The van der Waals surface area contributed by atoms with Gasteiger partial charge in [-0.1, -0.05) is 39.0 Å². The number of ether oxygens (including phenoxy) is 2. The molecule has 7 rings (SSSR count). The number of fused-ring (bicyclic) bond motifs is 2. The fraction of sp³-hybridized carbons (Fsp3) is 0.724. The lowest BCUT2D eigenvalue weighted by atomic mass is 9.33. The zero-order chi connectivity index (χ0) is 24.3. The van der Waals surface area contributed by atoms with Gasteiger partial charge in [0.05, 0.1) is 5.60 Å². The molecular formula is C29H41NO4. The molecule has 2 heterocycles. The molecule has 2 aliphatic heterocycles. The van der Waals surface area contributed by atoms with Gasteiger partial charge in [0.2, 0.25) is 0 Å². The minimum absolute atomic E-state index is 0.0102. The van der Waals surface area contributed by atoms with Gasteiger partial charge in [-0.3, -0.25) is 4.90 Å². The summed E-state index contributed by atoms with van der Waals surface area (Å²) in [6.07, 6.45) is 9.10. The number of aliphatic hydroxyl groups is 1. The van der Waals surface area contributed by atoms with E-state index in [1.54, 1.807) is 0 Å². The molecule has 186 valence electrons. The predicted molar refractivity (Wildman–Crippen MR) is 132 cm³/mol. The van der Waals surface area contributed by atoms with Crippen molar-refractivity contribution >= 4 is 0 Å². The molecule has 7 atom stereocenters. The molecule has 5 heteroatoms. The number of nitrogens with zero attached hydrogens (tertiary/aromatic N) is 1. The Bertz CT molecular complexity index is 1060. The van der Waals surface area contributed by atoms with Crippen LogP contribution in [0.15, 0.2) is 24.3 Å². The van der Waals surface area contributed by atoms with E-state index in [-0.39, 0.29) is 34.0 Å². The van der Waals surface area contributed by atoms with Crippen molar-refractivity contribution in [2.75, 3.05) is 20.2 Å². The molecule has 4 bridgehead atoms. The van der Waals surface area contributed by atoms with Crippen LogP contribution in [0.25, 0.3) is 0 Å². The van der Waals surface area contributed by atoms with Gasteiger partial charge in [0, 0.05) is 42.0 Å². The highest BCUT2D eigenvalue weighted by Crippen LogP contribution is 2.77. The molecule has 1 aromatic carbocycles. The Hall–Kier alpha value is -1.56. The zero-order valence-electron chi connectivity index (χ0n) is 21.6. The van der Waals surface area contributed by atoms with E-state index in [1.165, 1.54) is 11.1 Å². The second kappa shape index (κ2) is 6.80. The van der Waals surface area contributed by atoms with Crippen LogP contribution in [0, 0.1) is 16.7 Å². The molecule has 3 saturated carbocycles. The highest BCUT2D eigenvalue weighted by Gasteiger charge is 2.82. The van der Waals surface area contributed by atoms with Gasteiger partial charge in [-0.2, -0.15) is 0 Å². The van der Waals surface area contributed by atoms with Gasteiger partial charge in [-0.15, -0.1) is 0 Å². The maximum atomic E-state index is 12.2. The van der Waals surface area contributed by atoms with Crippen LogP contribution in [0.1, 0.15) is 71.4 Å². The number of phenolic OH excluding ortho intramolecular Hbond substituents is 1. The lowest BCUT2D eigenvalue weighted by molar-refractivity contribution is -0.312. The van der Waals surface area contributed by atoms with Crippen molar-refractivity contribution in [3.8, 4) is 11.5 Å². The smallest absolute Gasteiger partial charge is 0.165 e. The minimum atomic E-state index is -0.930. The third-order valence-electron chi connectivity index (χ3n) is 11.2. The Morgan fingerprint density at radius 1 is 1.21 bits per heavy atom. The fourth-order valence-corrected chi connectivity index (χ4v) is 9.19. The standard InChI is InChI=1S/C29H41NO4/c1-7-8-14-30-15-13-28-22-18-9-10-19(31)23(22)34-24(28)29(33-6)12-11-27(28,21(30)16-18)17-20(29)26(5,32)25(2,3)4/h7-10,20-21,24,31-32H,11-17H2,1-6H3/t20-,21-,24-,26+,27-,28+,29-/m1/s1. The Balaban J connectivity index is 1.62. The third-order valence-corrected chi connectivity index (χ3v) is 11.2. The number of phenols is 1. The molecule has 6 aliphatic rings. The molecule has 1 aromatic rings. The minimum Gasteiger partial charge on any atom is -0.504 e. The van der Waals surface area contributed by atoms with Crippen molar-refractivity contribution in [1.82, 2.24) is 4.90 Å². The molecule has 4 aliphatic carbocycles. The molecular weight excluding hydrogens is 426 g/mol. The van der Waals surface area contributed by atoms with Crippen LogP contribution in [-0.4, -0.2) is 58.7 Å². The third kappa shape index (κ3) is 2.33. The SMILES string of the molecule is CC=CCN1CC[C@]23c4c5ccc(O)c4O[C@H]2[C@@]2(OC)CC[C@@]3(C[C@@H]2[C@](C)(O)C(C)(C)C)[C@H]1C5. The van der Waals surface area contributed by atoms with E-state index in [4.69, 9.17) is 9.47 Å². The van der Waals surface area contributed by atoms with Gasteiger partial charge in [0.15, 0.2) is 11.5 Å². The van der Waals surface area contributed by atoms with E-state index in [1.807, 2.05) is 20.1 Å². The van der Waals surface area contributed by atoms with Gasteiger partial charge in [0.25, 0.3) is 0 Å². The van der Waals surface area contributed by atoms with Crippen LogP contribution in [0.3, 0.4) is 0 Å². The number of piperidine rings is 1. The summed E-state index contributed by atoms with van der Waals surface area (Å²) in [5.41, 5.74) is 0.574. The lowest BCUT2D eigenvalue weighted by Crippen LogP contribution is -2.83. The van der Waals surface area contributed by atoms with Crippen LogP contribution in [0.5, 0.6) is 11.5 Å². The van der Waals surface area contributed by atoms with Gasteiger partial charge in [0.1, 0.15) is 11.7 Å². The molecule has 0 radical (unpaired) electrons. The van der Waals surface area contributed by atoms with Crippen LogP contribution in [0.4, 0.5) is 0 Å². The first-order chi connectivity index (χ1) is 16.0. The molecule has 0 amide bonds. The number of rotatable bonds is 4. The van der Waals surface area contributed by atoms with Crippen molar-refractivity contribution in [3.63, 3.8) is 0 Å². The fourth-order valence-electron chi connectivity index (χ4n) is 9.19. The predicted octanol–water partition coefficient (Wildman–Crippen LogP) is 4.58. The maximum Gasteiger partial charge on any atom is 0.165 e. The summed E-state index contributed by atoms with van der Waals surface area (Å²) in [6, 6.07) is 4.33. The van der Waals surface area contributed by atoms with Gasteiger partial charge < -0.3 is 19.7 Å². The second-order valence-corrected chi connectivity index (χ2v) is 12.9. The van der Waals surface area contributed by atoms with E-state index in [9.17, 15) is 10.2 Å². The van der Waals surface area contributed by atoms with E-state index in [2.05, 4.69) is 50.8 Å². The van der Waals surface area contributed by atoms with E-state index in [0.29, 0.717) is 11.8 Å². The molecule has 4 fully saturated rings. The van der Waals surface area contributed by atoms with E-state index in [0.717, 1.165) is 45.2 Å². The van der Waals surface area contributed by atoms with Crippen molar-refractivity contribution in [1.29, 1.82) is 0 Å². The number of allylic oxidation sites excluding steroid dienone is 1. The first-order valence-electron chi connectivity index (χ1n) is 13.1. The Kier molecular flexibility index (Phi) is 4.58. The number of hydrogen-bond donors (Lipinski definition) is 2.